The minimum absolute atomic E-state index is 0.108. The molecule has 0 unspecified atom stereocenters. The minimum atomic E-state index is -3.19. The molecule has 0 aliphatic heterocycles. The van der Waals surface area contributed by atoms with Gasteiger partial charge in [-0.05, 0) is 29.7 Å². The second-order valence-corrected chi connectivity index (χ2v) is 5.66. The molecule has 0 amide bonds. The Kier molecular flexibility index (Phi) is 2.85. The van der Waals surface area contributed by atoms with Gasteiger partial charge in [0.2, 0.25) is 0 Å². The average molecular weight is 214 g/mol. The first kappa shape index (κ1) is 11.0. The molecule has 14 heavy (non-hydrogen) atoms. The molecule has 0 aliphatic carbocycles. The molecular formula is C10H14O3S. The Balaban J connectivity index is 3.34. The van der Waals surface area contributed by atoms with Crippen LogP contribution < -0.4 is 0 Å². The number of phenolic OH excluding ortho intramolecular Hbond substituents is 1. The fourth-order valence-corrected chi connectivity index (χ4v) is 1.88. The third-order valence-electron chi connectivity index (χ3n) is 2.05. The summed E-state index contributed by atoms with van der Waals surface area (Å²) < 4.78 is 22.5. The summed E-state index contributed by atoms with van der Waals surface area (Å²) in [6.45, 7) is 3.81. The Bertz CT molecular complexity index is 433. The summed E-state index contributed by atoms with van der Waals surface area (Å²) in [6.07, 6.45) is 1.16. The molecule has 4 heteroatoms. The first-order valence-electron chi connectivity index (χ1n) is 4.35. The lowest BCUT2D eigenvalue weighted by atomic mass is 10.0. The summed E-state index contributed by atoms with van der Waals surface area (Å²) in [4.78, 5) is 0.249. The SMILES string of the molecule is CC(C)c1cc(S(C)(=O)=O)ccc1O. The molecule has 0 saturated carbocycles. The van der Waals surface area contributed by atoms with E-state index in [1.165, 1.54) is 18.2 Å². The van der Waals surface area contributed by atoms with E-state index in [2.05, 4.69) is 0 Å². The van der Waals surface area contributed by atoms with Crippen LogP contribution in [-0.2, 0) is 9.84 Å². The van der Waals surface area contributed by atoms with Crippen LogP contribution in [-0.4, -0.2) is 19.8 Å². The summed E-state index contributed by atoms with van der Waals surface area (Å²) in [7, 11) is -3.19. The summed E-state index contributed by atoms with van der Waals surface area (Å²) in [6, 6.07) is 4.36. The molecule has 1 aromatic carbocycles. The van der Waals surface area contributed by atoms with Crippen molar-refractivity contribution in [2.75, 3.05) is 6.26 Å². The zero-order valence-corrected chi connectivity index (χ0v) is 9.30. The van der Waals surface area contributed by atoms with Crippen molar-refractivity contribution in [1.82, 2.24) is 0 Å². The van der Waals surface area contributed by atoms with Gasteiger partial charge >= 0.3 is 0 Å². The summed E-state index contributed by atoms with van der Waals surface area (Å²) in [5, 5.41) is 9.48. The van der Waals surface area contributed by atoms with Gasteiger partial charge in [0, 0.05) is 6.26 Å². The van der Waals surface area contributed by atoms with Gasteiger partial charge in [0.15, 0.2) is 9.84 Å². The van der Waals surface area contributed by atoms with Gasteiger partial charge in [-0.3, -0.25) is 0 Å². The van der Waals surface area contributed by atoms with Crippen LogP contribution in [0.15, 0.2) is 23.1 Å². The third-order valence-corrected chi connectivity index (χ3v) is 3.16. The van der Waals surface area contributed by atoms with Crippen LogP contribution in [0.4, 0.5) is 0 Å². The minimum Gasteiger partial charge on any atom is -0.508 e. The van der Waals surface area contributed by atoms with E-state index >= 15 is 0 Å². The van der Waals surface area contributed by atoms with Crippen molar-refractivity contribution >= 4 is 9.84 Å². The lowest BCUT2D eigenvalue weighted by Gasteiger charge is -2.09. The highest BCUT2D eigenvalue weighted by Gasteiger charge is 2.12. The lowest BCUT2D eigenvalue weighted by molar-refractivity contribution is 0.464. The largest absolute Gasteiger partial charge is 0.508 e. The quantitative estimate of drug-likeness (QED) is 0.818. The van der Waals surface area contributed by atoms with E-state index in [9.17, 15) is 13.5 Å². The fourth-order valence-electron chi connectivity index (χ4n) is 1.23. The van der Waals surface area contributed by atoms with E-state index in [4.69, 9.17) is 0 Å². The number of benzene rings is 1. The van der Waals surface area contributed by atoms with Gasteiger partial charge in [0.25, 0.3) is 0 Å². The molecule has 3 nitrogen and oxygen atoms in total. The normalized spacial score (nSPS) is 12.0. The highest BCUT2D eigenvalue weighted by Crippen LogP contribution is 2.27. The topological polar surface area (TPSA) is 54.4 Å². The van der Waals surface area contributed by atoms with Crippen molar-refractivity contribution in [1.29, 1.82) is 0 Å². The molecule has 0 heterocycles. The van der Waals surface area contributed by atoms with Gasteiger partial charge in [-0.2, -0.15) is 0 Å². The molecule has 1 rings (SSSR count). The van der Waals surface area contributed by atoms with Crippen LogP contribution in [0.1, 0.15) is 25.3 Å². The van der Waals surface area contributed by atoms with Crippen LogP contribution in [0.5, 0.6) is 5.75 Å². The second kappa shape index (κ2) is 3.61. The number of hydrogen-bond donors (Lipinski definition) is 1. The van der Waals surface area contributed by atoms with E-state index in [1.807, 2.05) is 13.8 Å². The fraction of sp³-hybridized carbons (Fsp3) is 0.400. The van der Waals surface area contributed by atoms with Gasteiger partial charge < -0.3 is 5.11 Å². The van der Waals surface area contributed by atoms with Gasteiger partial charge in [0.1, 0.15) is 5.75 Å². The van der Waals surface area contributed by atoms with Crippen molar-refractivity contribution in [2.45, 2.75) is 24.7 Å². The zero-order valence-electron chi connectivity index (χ0n) is 8.48. The standard InChI is InChI=1S/C10H14O3S/c1-7(2)9-6-8(14(3,12)13)4-5-10(9)11/h4-7,11H,1-3H3. The molecule has 0 atom stereocenters. The molecule has 0 aliphatic rings. The van der Waals surface area contributed by atoms with E-state index in [-0.39, 0.29) is 16.6 Å². The van der Waals surface area contributed by atoms with E-state index in [1.54, 1.807) is 0 Å². The van der Waals surface area contributed by atoms with Crippen molar-refractivity contribution in [2.24, 2.45) is 0 Å². The Hall–Kier alpha value is -1.03. The molecule has 0 aromatic heterocycles. The van der Waals surface area contributed by atoms with Gasteiger partial charge in [0.05, 0.1) is 4.90 Å². The maximum atomic E-state index is 11.2. The van der Waals surface area contributed by atoms with Crippen molar-refractivity contribution < 1.29 is 13.5 Å². The van der Waals surface area contributed by atoms with Gasteiger partial charge in [-0.25, -0.2) is 8.42 Å². The molecule has 0 spiro atoms. The van der Waals surface area contributed by atoms with Crippen LogP contribution in [0, 0.1) is 0 Å². The second-order valence-electron chi connectivity index (χ2n) is 3.65. The summed E-state index contributed by atoms with van der Waals surface area (Å²) >= 11 is 0. The summed E-state index contributed by atoms with van der Waals surface area (Å²) in [5.74, 6) is 0.254. The monoisotopic (exact) mass is 214 g/mol. The van der Waals surface area contributed by atoms with Crippen molar-refractivity contribution in [3.05, 3.63) is 23.8 Å². The van der Waals surface area contributed by atoms with Crippen LogP contribution in [0.2, 0.25) is 0 Å². The average Bonchev–Trinajstić information content (AvgIpc) is 2.02. The first-order valence-corrected chi connectivity index (χ1v) is 6.24. The molecule has 0 fully saturated rings. The lowest BCUT2D eigenvalue weighted by Crippen LogP contribution is -1.99. The highest BCUT2D eigenvalue weighted by molar-refractivity contribution is 7.90. The summed E-state index contributed by atoms with van der Waals surface area (Å²) in [5.41, 5.74) is 0.660. The maximum Gasteiger partial charge on any atom is 0.175 e. The van der Waals surface area contributed by atoms with E-state index < -0.39 is 9.84 Å². The number of aromatic hydroxyl groups is 1. The number of rotatable bonds is 2. The molecule has 0 bridgehead atoms. The number of hydrogen-bond acceptors (Lipinski definition) is 3. The van der Waals surface area contributed by atoms with Crippen molar-refractivity contribution in [3.63, 3.8) is 0 Å². The Morgan fingerprint density at radius 1 is 1.29 bits per heavy atom. The first-order chi connectivity index (χ1) is 6.32. The molecule has 1 aromatic rings. The molecule has 1 N–H and O–H groups in total. The maximum absolute atomic E-state index is 11.2. The number of sulfone groups is 1. The van der Waals surface area contributed by atoms with E-state index in [0.29, 0.717) is 5.56 Å². The number of phenols is 1. The smallest absolute Gasteiger partial charge is 0.175 e. The molecule has 78 valence electrons. The van der Waals surface area contributed by atoms with Gasteiger partial charge in [-0.15, -0.1) is 0 Å². The highest BCUT2D eigenvalue weighted by atomic mass is 32.2. The van der Waals surface area contributed by atoms with E-state index in [0.717, 1.165) is 6.26 Å². The molecule has 0 saturated heterocycles. The van der Waals surface area contributed by atoms with Crippen LogP contribution in [0.3, 0.4) is 0 Å². The van der Waals surface area contributed by atoms with Gasteiger partial charge in [-0.1, -0.05) is 13.8 Å². The van der Waals surface area contributed by atoms with Crippen LogP contribution >= 0.6 is 0 Å². The predicted octanol–water partition coefficient (Wildman–Crippen LogP) is 1.92. The Labute approximate surface area is 84.3 Å². The van der Waals surface area contributed by atoms with Crippen LogP contribution in [0.25, 0.3) is 0 Å². The Morgan fingerprint density at radius 3 is 2.29 bits per heavy atom. The Morgan fingerprint density at radius 2 is 1.86 bits per heavy atom. The zero-order chi connectivity index (χ0) is 10.9. The van der Waals surface area contributed by atoms with Crippen molar-refractivity contribution in [3.8, 4) is 5.75 Å². The molecule has 0 radical (unpaired) electrons. The predicted molar refractivity (Wildman–Crippen MR) is 55.3 cm³/mol. The third kappa shape index (κ3) is 2.26. The molecular weight excluding hydrogens is 200 g/mol.